The topological polar surface area (TPSA) is 19.4 Å². The zero-order valence-electron chi connectivity index (χ0n) is 39.6. The Labute approximate surface area is 413 Å². The maximum absolute atomic E-state index is 6.01. The lowest BCUT2D eigenvalue weighted by atomic mass is 9.32. The van der Waals surface area contributed by atoms with Gasteiger partial charge >= 0.3 is 0 Å². The molecule has 0 atom stereocenters. The van der Waals surface area contributed by atoms with Crippen LogP contribution in [0, 0.1) is 0 Å². The fourth-order valence-corrected chi connectivity index (χ4v) is 15.1. The van der Waals surface area contributed by atoms with E-state index < -0.39 is 10.8 Å². The molecule has 3 nitrogen and oxygen atoms in total. The highest BCUT2D eigenvalue weighted by atomic mass is 15.2. The second-order valence-corrected chi connectivity index (χ2v) is 21.6. The first-order chi connectivity index (χ1) is 34.9. The van der Waals surface area contributed by atoms with E-state index in [4.69, 9.17) is 4.98 Å². The summed E-state index contributed by atoms with van der Waals surface area (Å²) < 4.78 is 0. The first-order valence-electron chi connectivity index (χ1n) is 25.3. The van der Waals surface area contributed by atoms with E-state index in [-0.39, 0.29) is 12.1 Å². The minimum Gasteiger partial charge on any atom is -0.311 e. The van der Waals surface area contributed by atoms with E-state index >= 15 is 0 Å². The molecule has 71 heavy (non-hydrogen) atoms. The Morgan fingerprint density at radius 2 is 0.775 bits per heavy atom. The molecule has 330 valence electrons. The summed E-state index contributed by atoms with van der Waals surface area (Å²) >= 11 is 0. The van der Waals surface area contributed by atoms with Gasteiger partial charge in [0, 0.05) is 33.2 Å². The van der Waals surface area contributed by atoms with E-state index in [1.54, 1.807) is 0 Å². The highest BCUT2D eigenvalue weighted by Gasteiger charge is 2.58. The van der Waals surface area contributed by atoms with E-state index in [1.807, 2.05) is 0 Å². The minimum absolute atomic E-state index is 0.100. The van der Waals surface area contributed by atoms with E-state index in [1.165, 1.54) is 133 Å². The predicted molar refractivity (Wildman–Crippen MR) is 294 cm³/mol. The van der Waals surface area contributed by atoms with Gasteiger partial charge in [-0.25, -0.2) is 4.98 Å². The number of aromatic nitrogens is 1. The number of fused-ring (bicyclic) bond motifs is 26. The van der Waals surface area contributed by atoms with Crippen molar-refractivity contribution in [3.8, 4) is 22.3 Å². The molecule has 5 heterocycles. The quantitative estimate of drug-likeness (QED) is 0.112. The van der Waals surface area contributed by atoms with Gasteiger partial charge in [-0.15, -0.1) is 0 Å². The van der Waals surface area contributed by atoms with Crippen LogP contribution in [-0.4, -0.2) is 11.7 Å². The number of pyridine rings is 1. The normalized spacial score (nSPS) is 15.7. The van der Waals surface area contributed by atoms with Crippen molar-refractivity contribution in [1.29, 1.82) is 0 Å². The van der Waals surface area contributed by atoms with Crippen LogP contribution in [0.3, 0.4) is 0 Å². The van der Waals surface area contributed by atoms with Crippen LogP contribution in [0.15, 0.2) is 212 Å². The molecule has 11 aromatic rings. The van der Waals surface area contributed by atoms with Crippen LogP contribution in [0.5, 0.6) is 0 Å². The molecule has 10 aromatic carbocycles. The lowest BCUT2D eigenvalue weighted by Crippen LogP contribution is -2.63. The standard InChI is InChI=1S/C67H44BN3/c1-65(2,3)64-44-25-5-4-20-39(44)45-38-58-59-63(60(45)69-64)71-57-37-17-15-31-51(57)67(48-28-12-8-23-42(48)43-24-9-13-29-49(43)67)53-33-19-35-55(62(53)71)68(59)54-34-18-32-52-61(54)70(58)56-36-16-14-30-50(56)66(52)46-26-10-6-21-40(46)41-22-7-11-27-47(41)66/h4-38H,1-3H3. The summed E-state index contributed by atoms with van der Waals surface area (Å²) in [6.45, 7) is 6.86. The highest BCUT2D eigenvalue weighted by Crippen LogP contribution is 2.67. The molecule has 1 aromatic heterocycles. The highest BCUT2D eigenvalue weighted by molar-refractivity contribution is 7.00. The summed E-state index contributed by atoms with van der Waals surface area (Å²) in [7, 11) is 0. The lowest BCUT2D eigenvalue weighted by molar-refractivity contribution is 0.578. The summed E-state index contributed by atoms with van der Waals surface area (Å²) in [5.74, 6) is 0. The van der Waals surface area contributed by atoms with E-state index in [9.17, 15) is 0 Å². The summed E-state index contributed by atoms with van der Waals surface area (Å²) in [4.78, 5) is 11.4. The van der Waals surface area contributed by atoms with Crippen molar-refractivity contribution in [3.63, 3.8) is 0 Å². The molecule has 2 aliphatic carbocycles. The van der Waals surface area contributed by atoms with Gasteiger partial charge in [0.05, 0.1) is 39.1 Å². The molecule has 0 saturated carbocycles. The Morgan fingerprint density at radius 1 is 0.366 bits per heavy atom. The van der Waals surface area contributed by atoms with E-state index in [0.29, 0.717) is 0 Å². The van der Waals surface area contributed by atoms with Crippen molar-refractivity contribution in [3.05, 3.63) is 263 Å². The fraction of sp³-hybridized carbons (Fsp3) is 0.0896. The van der Waals surface area contributed by atoms with Crippen molar-refractivity contribution in [2.75, 3.05) is 9.80 Å². The van der Waals surface area contributed by atoms with Crippen LogP contribution in [0.1, 0.15) is 71.0 Å². The van der Waals surface area contributed by atoms with Gasteiger partial charge in [0.15, 0.2) is 0 Å². The number of nitrogens with zero attached hydrogens (tertiary/aromatic N) is 3. The molecule has 0 N–H and O–H groups in total. The number of anilines is 6. The maximum Gasteiger partial charge on any atom is 0.252 e. The maximum atomic E-state index is 6.01. The summed E-state index contributed by atoms with van der Waals surface area (Å²) in [5, 5.41) is 3.61. The van der Waals surface area contributed by atoms with Crippen molar-refractivity contribution in [2.45, 2.75) is 37.0 Å². The number of hydrogen-bond acceptors (Lipinski definition) is 3. The second-order valence-electron chi connectivity index (χ2n) is 21.6. The zero-order chi connectivity index (χ0) is 46.7. The smallest absolute Gasteiger partial charge is 0.252 e. The van der Waals surface area contributed by atoms with Gasteiger partial charge in [-0.05, 0) is 107 Å². The third kappa shape index (κ3) is 4.25. The Hall–Kier alpha value is -8.47. The van der Waals surface area contributed by atoms with Crippen LogP contribution >= 0.6 is 0 Å². The summed E-state index contributed by atoms with van der Waals surface area (Å²) in [6.07, 6.45) is 0. The molecule has 0 unspecified atom stereocenters. The van der Waals surface area contributed by atoms with E-state index in [0.717, 1.165) is 11.2 Å². The van der Waals surface area contributed by atoms with Crippen LogP contribution in [0.4, 0.5) is 34.1 Å². The Morgan fingerprint density at radius 3 is 1.28 bits per heavy atom. The van der Waals surface area contributed by atoms with Crippen molar-refractivity contribution >= 4 is 78.9 Å². The SMILES string of the molecule is CC(C)(C)c1nc2c3c4c(cc2c2ccccc12)N1c2ccccc2C2(c5ccccc5-c5ccccc52)c2cccc(c21)B4c1cccc2c1N3c1ccccc1C21c2ccccc2-c2ccccc21. The summed E-state index contributed by atoms with van der Waals surface area (Å²) in [5.41, 5.74) is 28.1. The lowest BCUT2D eigenvalue weighted by Gasteiger charge is -2.53. The molecular weight excluding hydrogens is 858 g/mol. The monoisotopic (exact) mass is 901 g/mol. The number of rotatable bonds is 0. The van der Waals surface area contributed by atoms with Gasteiger partial charge in [-0.2, -0.15) is 0 Å². The molecule has 0 fully saturated rings. The first kappa shape index (κ1) is 38.4. The third-order valence-electron chi connectivity index (χ3n) is 17.5. The van der Waals surface area contributed by atoms with Gasteiger partial charge in [0.25, 0.3) is 6.71 Å². The Kier molecular flexibility index (Phi) is 6.94. The van der Waals surface area contributed by atoms with Crippen molar-refractivity contribution < 1.29 is 0 Å². The average molecular weight is 902 g/mol. The summed E-state index contributed by atoms with van der Waals surface area (Å²) in [6, 6.07) is 81.5. The number of para-hydroxylation sites is 4. The molecule has 4 heteroatoms. The van der Waals surface area contributed by atoms with Gasteiger partial charge in [0.2, 0.25) is 0 Å². The Balaban J connectivity index is 1.08. The van der Waals surface area contributed by atoms with Crippen molar-refractivity contribution in [1.82, 2.24) is 4.98 Å². The average Bonchev–Trinajstić information content (AvgIpc) is 3.88. The molecule has 0 radical (unpaired) electrons. The molecule has 0 bridgehead atoms. The Bertz CT molecular complexity index is 4170. The van der Waals surface area contributed by atoms with Gasteiger partial charge in [-0.3, -0.25) is 0 Å². The van der Waals surface area contributed by atoms with E-state index in [2.05, 4.69) is 243 Å². The third-order valence-corrected chi connectivity index (χ3v) is 17.5. The van der Waals surface area contributed by atoms with Gasteiger partial charge in [-0.1, -0.05) is 215 Å². The molecule has 6 aliphatic rings. The van der Waals surface area contributed by atoms with Crippen LogP contribution in [0.25, 0.3) is 43.9 Å². The molecular formula is C67H44BN3. The van der Waals surface area contributed by atoms with Crippen LogP contribution in [0.2, 0.25) is 0 Å². The molecule has 2 spiro atoms. The second kappa shape index (κ2) is 12.8. The first-order valence-corrected chi connectivity index (χ1v) is 25.3. The van der Waals surface area contributed by atoms with Crippen LogP contribution < -0.4 is 26.2 Å². The largest absolute Gasteiger partial charge is 0.311 e. The van der Waals surface area contributed by atoms with Crippen molar-refractivity contribution in [2.24, 2.45) is 0 Å². The molecule has 17 rings (SSSR count). The molecule has 0 amide bonds. The van der Waals surface area contributed by atoms with Crippen LogP contribution in [-0.2, 0) is 16.2 Å². The van der Waals surface area contributed by atoms with Gasteiger partial charge in [0.1, 0.15) is 0 Å². The molecule has 0 saturated heterocycles. The zero-order valence-corrected chi connectivity index (χ0v) is 39.6. The fourth-order valence-electron chi connectivity index (χ4n) is 15.1. The predicted octanol–water partition coefficient (Wildman–Crippen LogP) is 14.1. The van der Waals surface area contributed by atoms with Gasteiger partial charge < -0.3 is 9.80 Å². The molecule has 4 aliphatic heterocycles. The number of hydrogen-bond donors (Lipinski definition) is 0. The minimum atomic E-state index is -0.551. The number of benzene rings is 10.